The summed E-state index contributed by atoms with van der Waals surface area (Å²) in [4.78, 5) is 10.6. The van der Waals surface area contributed by atoms with Gasteiger partial charge in [-0.2, -0.15) is 6.42 Å². The van der Waals surface area contributed by atoms with Crippen molar-refractivity contribution in [2.45, 2.75) is 12.8 Å². The summed E-state index contributed by atoms with van der Waals surface area (Å²) >= 11 is 0. The third kappa shape index (κ3) is 8.90. The van der Waals surface area contributed by atoms with Crippen LogP contribution in [0.25, 0.3) is 0 Å². The molecule has 0 bridgehead atoms. The Hall–Kier alpha value is 0.900. The van der Waals surface area contributed by atoms with Crippen LogP contribution in [-0.4, -0.2) is 18.6 Å². The van der Waals surface area contributed by atoms with E-state index in [1.54, 1.807) is 0 Å². The van der Waals surface area contributed by atoms with E-state index in [0.717, 1.165) is 12.6 Å². The van der Waals surface area contributed by atoms with E-state index in [0.29, 0.717) is 13.0 Å². The molecule has 0 fully saturated rings. The van der Waals surface area contributed by atoms with E-state index in [-0.39, 0.29) is 35.5 Å². The van der Waals surface area contributed by atoms with E-state index in [4.69, 9.17) is 0 Å². The molecular formula is C6H13NNaOP. The monoisotopic (exact) mass is 169 g/mol. The van der Waals surface area contributed by atoms with Crippen LogP contribution in [0.5, 0.6) is 0 Å². The van der Waals surface area contributed by atoms with Crippen LogP contribution in [0.4, 0.5) is 0 Å². The fourth-order valence-electron chi connectivity index (χ4n) is 0.447. The van der Waals surface area contributed by atoms with Crippen LogP contribution in [0.15, 0.2) is 0 Å². The first kappa shape index (κ1) is 13.5. The van der Waals surface area contributed by atoms with Gasteiger partial charge in [-0.3, -0.25) is 4.79 Å². The van der Waals surface area contributed by atoms with Crippen LogP contribution in [0, 0.1) is 6.92 Å². The first-order valence-electron chi connectivity index (χ1n) is 3.07. The zero-order valence-corrected chi connectivity index (χ0v) is 9.68. The maximum Gasteiger partial charge on any atom is 1.00 e. The molecule has 10 heavy (non-hydrogen) atoms. The second kappa shape index (κ2) is 9.90. The molecule has 54 valence electrons. The van der Waals surface area contributed by atoms with E-state index in [9.17, 15) is 4.79 Å². The maximum absolute atomic E-state index is 10.6. The van der Waals surface area contributed by atoms with Crippen molar-refractivity contribution in [3.63, 3.8) is 0 Å². The molecular weight excluding hydrogens is 156 g/mol. The van der Waals surface area contributed by atoms with Crippen molar-refractivity contribution in [2.24, 2.45) is 0 Å². The predicted molar refractivity (Wildman–Crippen MR) is 42.2 cm³/mol. The van der Waals surface area contributed by atoms with E-state index in [2.05, 4.69) is 21.5 Å². The Kier molecular flexibility index (Phi) is 13.4. The van der Waals surface area contributed by atoms with Crippen molar-refractivity contribution < 1.29 is 34.4 Å². The Labute approximate surface area is 87.0 Å². The van der Waals surface area contributed by atoms with Crippen molar-refractivity contribution in [3.05, 3.63) is 6.92 Å². The molecule has 1 amide bonds. The molecule has 1 atom stereocenters. The molecule has 0 saturated carbocycles. The molecule has 0 rings (SSSR count). The molecule has 0 heterocycles. The fraction of sp³-hybridized carbons (Fsp3) is 0.667. The van der Waals surface area contributed by atoms with Gasteiger partial charge in [-0.1, -0.05) is 0 Å². The van der Waals surface area contributed by atoms with E-state index < -0.39 is 0 Å². The van der Waals surface area contributed by atoms with E-state index in [1.165, 1.54) is 0 Å². The summed E-state index contributed by atoms with van der Waals surface area (Å²) < 4.78 is 0. The molecule has 0 aromatic rings. The van der Waals surface area contributed by atoms with Gasteiger partial charge in [0.25, 0.3) is 0 Å². The van der Waals surface area contributed by atoms with Gasteiger partial charge in [-0.25, -0.2) is 0 Å². The largest absolute Gasteiger partial charge is 1.00 e. The van der Waals surface area contributed by atoms with Gasteiger partial charge in [0.1, 0.15) is 0 Å². The molecule has 0 saturated heterocycles. The summed E-state index contributed by atoms with van der Waals surface area (Å²) in [6, 6.07) is 0. The summed E-state index contributed by atoms with van der Waals surface area (Å²) in [6.45, 7) is 4.30. The molecule has 1 N–H and O–H groups in total. The van der Waals surface area contributed by atoms with Gasteiger partial charge >= 0.3 is 29.6 Å². The van der Waals surface area contributed by atoms with Gasteiger partial charge in [0.15, 0.2) is 0 Å². The Morgan fingerprint density at radius 1 is 1.60 bits per heavy atom. The number of carbonyl (C=O) groups excluding carboxylic acids is 1. The summed E-state index contributed by atoms with van der Waals surface area (Å²) in [5.74, 6) is 0.119. The first-order chi connectivity index (χ1) is 4.31. The van der Waals surface area contributed by atoms with Crippen molar-refractivity contribution in [2.75, 3.05) is 12.7 Å². The predicted octanol–water partition coefficient (Wildman–Crippen LogP) is -2.40. The van der Waals surface area contributed by atoms with Gasteiger partial charge in [-0.15, -0.1) is 9.24 Å². The van der Waals surface area contributed by atoms with Crippen LogP contribution < -0.4 is 34.9 Å². The molecule has 0 aliphatic carbocycles. The number of amides is 1. The topological polar surface area (TPSA) is 29.1 Å². The van der Waals surface area contributed by atoms with Crippen molar-refractivity contribution >= 4 is 15.1 Å². The Morgan fingerprint density at radius 2 is 2.20 bits per heavy atom. The second-order valence-electron chi connectivity index (χ2n) is 1.74. The standard InChI is InChI=1S/C6H13NOP.Na/c1-2-4-7-6(8)3-5-9;/h1-5,9H2,(H,7,8);/q-1;+1. The average Bonchev–Trinajstić information content (AvgIpc) is 1.85. The van der Waals surface area contributed by atoms with Crippen molar-refractivity contribution in [3.8, 4) is 0 Å². The first-order valence-corrected chi connectivity index (χ1v) is 3.89. The average molecular weight is 169 g/mol. The molecule has 4 heteroatoms. The SMILES string of the molecule is [CH2-]CCNC(=O)CCP.[Na+]. The van der Waals surface area contributed by atoms with E-state index in [1.807, 2.05) is 0 Å². The number of hydrogen-bond donors (Lipinski definition) is 1. The van der Waals surface area contributed by atoms with Crippen LogP contribution in [0.1, 0.15) is 12.8 Å². The molecule has 0 radical (unpaired) electrons. The van der Waals surface area contributed by atoms with E-state index >= 15 is 0 Å². The quantitative estimate of drug-likeness (QED) is 0.283. The summed E-state index contributed by atoms with van der Waals surface area (Å²) in [5, 5.41) is 2.72. The van der Waals surface area contributed by atoms with Gasteiger partial charge in [-0.05, 0) is 12.7 Å². The third-order valence-electron chi connectivity index (χ3n) is 0.870. The zero-order chi connectivity index (χ0) is 7.11. The summed E-state index contributed by atoms with van der Waals surface area (Å²) in [5.41, 5.74) is 0. The molecule has 0 aromatic carbocycles. The molecule has 0 aromatic heterocycles. The zero-order valence-electron chi connectivity index (χ0n) is 6.52. The third-order valence-corrected chi connectivity index (χ3v) is 1.16. The normalized spacial score (nSPS) is 8.20. The minimum absolute atomic E-state index is 0. The molecule has 0 aliphatic heterocycles. The minimum Gasteiger partial charge on any atom is -0.359 e. The molecule has 0 spiro atoms. The van der Waals surface area contributed by atoms with Gasteiger partial charge in [0.2, 0.25) is 5.91 Å². The Bertz CT molecular complexity index is 89.8. The van der Waals surface area contributed by atoms with Crippen molar-refractivity contribution in [1.29, 1.82) is 0 Å². The maximum atomic E-state index is 10.6. The van der Waals surface area contributed by atoms with Crippen LogP contribution in [0.2, 0.25) is 0 Å². The van der Waals surface area contributed by atoms with Gasteiger partial charge in [0.05, 0.1) is 0 Å². The molecule has 1 unspecified atom stereocenters. The Morgan fingerprint density at radius 3 is 2.60 bits per heavy atom. The van der Waals surface area contributed by atoms with Gasteiger partial charge < -0.3 is 12.2 Å². The molecule has 0 aliphatic rings. The number of carbonyl (C=O) groups is 1. The number of rotatable bonds is 4. The van der Waals surface area contributed by atoms with Gasteiger partial charge in [0, 0.05) is 6.42 Å². The smallest absolute Gasteiger partial charge is 0.359 e. The second-order valence-corrected chi connectivity index (χ2v) is 2.32. The number of hydrogen-bond acceptors (Lipinski definition) is 1. The fourth-order valence-corrected chi connectivity index (χ4v) is 0.709. The number of nitrogens with one attached hydrogen (secondary N) is 1. The van der Waals surface area contributed by atoms with Crippen molar-refractivity contribution in [1.82, 2.24) is 5.32 Å². The van der Waals surface area contributed by atoms with Crippen LogP contribution in [0.3, 0.4) is 0 Å². The van der Waals surface area contributed by atoms with Crippen LogP contribution >= 0.6 is 9.24 Å². The summed E-state index contributed by atoms with van der Waals surface area (Å²) in [6.07, 6.45) is 2.20. The minimum atomic E-state index is 0. The van der Waals surface area contributed by atoms with Crippen LogP contribution in [-0.2, 0) is 4.79 Å². The summed E-state index contributed by atoms with van der Waals surface area (Å²) in [7, 11) is 2.51. The molecule has 2 nitrogen and oxygen atoms in total. The Balaban J connectivity index is 0.